The molecular weight excluding hydrogens is 170 g/mol. The quantitative estimate of drug-likeness (QED) is 0.620. The maximum Gasteiger partial charge on any atom is 0.0203 e. The van der Waals surface area contributed by atoms with E-state index in [1.807, 2.05) is 0 Å². The van der Waals surface area contributed by atoms with Gasteiger partial charge in [-0.25, -0.2) is 0 Å². The molecular formula is C13H21N. The normalized spacial score (nSPS) is 46.1. The van der Waals surface area contributed by atoms with Gasteiger partial charge in [-0.2, -0.15) is 0 Å². The molecule has 1 heteroatoms. The lowest BCUT2D eigenvalue weighted by Gasteiger charge is -2.44. The summed E-state index contributed by atoms with van der Waals surface area (Å²) in [6, 6.07) is 0. The van der Waals surface area contributed by atoms with Crippen LogP contribution in [0, 0.1) is 10.8 Å². The first-order valence-corrected chi connectivity index (χ1v) is 6.08. The van der Waals surface area contributed by atoms with Crippen molar-refractivity contribution in [1.29, 1.82) is 0 Å². The fourth-order valence-electron chi connectivity index (χ4n) is 3.71. The number of allylic oxidation sites excluding steroid dienone is 2. The Morgan fingerprint density at radius 1 is 0.929 bits per heavy atom. The van der Waals surface area contributed by atoms with Gasteiger partial charge < -0.3 is 5.32 Å². The van der Waals surface area contributed by atoms with Crippen molar-refractivity contribution in [1.82, 2.24) is 5.32 Å². The van der Waals surface area contributed by atoms with Crippen LogP contribution in [0.1, 0.15) is 52.4 Å². The van der Waals surface area contributed by atoms with Crippen molar-refractivity contribution in [2.45, 2.75) is 52.4 Å². The summed E-state index contributed by atoms with van der Waals surface area (Å²) in [5.74, 6) is 0. The molecule has 2 atom stereocenters. The zero-order valence-corrected chi connectivity index (χ0v) is 9.45. The van der Waals surface area contributed by atoms with Crippen LogP contribution in [0.15, 0.2) is 11.3 Å². The van der Waals surface area contributed by atoms with Crippen LogP contribution in [0.25, 0.3) is 0 Å². The van der Waals surface area contributed by atoms with Crippen LogP contribution in [-0.4, -0.2) is 6.54 Å². The van der Waals surface area contributed by atoms with Gasteiger partial charge in [0.2, 0.25) is 0 Å². The highest BCUT2D eigenvalue weighted by Gasteiger charge is 2.48. The summed E-state index contributed by atoms with van der Waals surface area (Å²) >= 11 is 0. The minimum absolute atomic E-state index is 0.549. The predicted molar refractivity (Wildman–Crippen MR) is 58.9 cm³/mol. The second-order valence-corrected chi connectivity index (χ2v) is 6.06. The molecule has 0 aromatic carbocycles. The molecule has 2 aliphatic carbocycles. The van der Waals surface area contributed by atoms with Gasteiger partial charge in [-0.05, 0) is 49.4 Å². The zero-order chi connectivity index (χ0) is 9.81. The highest BCUT2D eigenvalue weighted by atomic mass is 14.9. The van der Waals surface area contributed by atoms with E-state index in [1.165, 1.54) is 45.1 Å². The minimum Gasteiger partial charge on any atom is -0.388 e. The lowest BCUT2D eigenvalue weighted by Crippen LogP contribution is -2.41. The fourth-order valence-corrected chi connectivity index (χ4v) is 3.71. The highest BCUT2D eigenvalue weighted by molar-refractivity contribution is 5.23. The summed E-state index contributed by atoms with van der Waals surface area (Å²) in [7, 11) is 0. The predicted octanol–water partition coefficient (Wildman–Crippen LogP) is 3.22. The van der Waals surface area contributed by atoms with Gasteiger partial charge in [-0.3, -0.25) is 0 Å². The van der Waals surface area contributed by atoms with E-state index in [2.05, 4.69) is 19.2 Å². The van der Waals surface area contributed by atoms with Crippen LogP contribution in [0.5, 0.6) is 0 Å². The van der Waals surface area contributed by atoms with Crippen LogP contribution in [0.2, 0.25) is 0 Å². The third kappa shape index (κ3) is 0.960. The molecule has 4 rings (SSSR count). The van der Waals surface area contributed by atoms with Gasteiger partial charge in [-0.1, -0.05) is 19.4 Å². The van der Waals surface area contributed by atoms with E-state index in [4.69, 9.17) is 0 Å². The summed E-state index contributed by atoms with van der Waals surface area (Å²) in [4.78, 5) is 0. The van der Waals surface area contributed by atoms with Crippen molar-refractivity contribution in [3.8, 4) is 0 Å². The van der Waals surface area contributed by atoms with Crippen molar-refractivity contribution in [2.24, 2.45) is 10.8 Å². The molecule has 2 aliphatic heterocycles. The molecule has 0 aromatic rings. The van der Waals surface area contributed by atoms with Crippen LogP contribution in [-0.2, 0) is 0 Å². The largest absolute Gasteiger partial charge is 0.388 e. The van der Waals surface area contributed by atoms with Crippen LogP contribution < -0.4 is 5.32 Å². The van der Waals surface area contributed by atoms with Crippen molar-refractivity contribution < 1.29 is 0 Å². The average Bonchev–Trinajstić information content (AvgIpc) is 2.50. The Bertz CT molecular complexity index is 250. The van der Waals surface area contributed by atoms with Crippen molar-refractivity contribution in [3.05, 3.63) is 11.3 Å². The molecule has 4 bridgehead atoms. The van der Waals surface area contributed by atoms with E-state index in [1.54, 1.807) is 11.3 Å². The highest BCUT2D eigenvalue weighted by Crippen LogP contribution is 2.56. The van der Waals surface area contributed by atoms with Crippen LogP contribution in [0.4, 0.5) is 0 Å². The monoisotopic (exact) mass is 191 g/mol. The smallest absolute Gasteiger partial charge is 0.0203 e. The molecule has 0 spiro atoms. The second-order valence-electron chi connectivity index (χ2n) is 6.06. The molecule has 0 amide bonds. The number of fused-ring (bicyclic) bond motifs is 4. The molecule has 0 radical (unpaired) electrons. The Morgan fingerprint density at radius 2 is 1.57 bits per heavy atom. The van der Waals surface area contributed by atoms with Crippen molar-refractivity contribution in [3.63, 3.8) is 0 Å². The van der Waals surface area contributed by atoms with Crippen molar-refractivity contribution in [2.75, 3.05) is 6.54 Å². The Kier molecular flexibility index (Phi) is 1.61. The number of rotatable bonds is 0. The first-order valence-electron chi connectivity index (χ1n) is 6.08. The van der Waals surface area contributed by atoms with E-state index in [0.29, 0.717) is 10.8 Å². The average molecular weight is 191 g/mol. The molecule has 14 heavy (non-hydrogen) atoms. The third-order valence-electron chi connectivity index (χ3n) is 5.46. The summed E-state index contributed by atoms with van der Waals surface area (Å²) in [5, 5.41) is 3.72. The summed E-state index contributed by atoms with van der Waals surface area (Å²) < 4.78 is 0. The van der Waals surface area contributed by atoms with E-state index >= 15 is 0 Å². The van der Waals surface area contributed by atoms with E-state index in [9.17, 15) is 0 Å². The standard InChI is InChI=1S/C13H21N/c1-12-6-3-10-4-7-13(12,2)9-14-11(10)5-8-12/h14H,3-9H2,1-2H3. The molecule has 1 saturated carbocycles. The molecule has 1 N–H and O–H groups in total. The molecule has 4 aliphatic rings. The minimum atomic E-state index is 0.549. The maximum atomic E-state index is 3.72. The van der Waals surface area contributed by atoms with E-state index < -0.39 is 0 Å². The molecule has 2 unspecified atom stereocenters. The number of hydrogen-bond acceptors (Lipinski definition) is 1. The van der Waals surface area contributed by atoms with Gasteiger partial charge in [0, 0.05) is 12.2 Å². The Hall–Kier alpha value is -0.460. The van der Waals surface area contributed by atoms with Gasteiger partial charge in [-0.15, -0.1) is 0 Å². The zero-order valence-electron chi connectivity index (χ0n) is 9.45. The molecule has 78 valence electrons. The molecule has 2 heterocycles. The van der Waals surface area contributed by atoms with Gasteiger partial charge in [0.05, 0.1) is 0 Å². The molecule has 2 fully saturated rings. The molecule has 0 aromatic heterocycles. The lowest BCUT2D eigenvalue weighted by molar-refractivity contribution is 0.0618. The first kappa shape index (κ1) is 8.82. The SMILES string of the molecule is CC12CCC3=C(CC1)NCC2(C)CC3. The van der Waals surface area contributed by atoms with Gasteiger partial charge in [0.25, 0.3) is 0 Å². The maximum absolute atomic E-state index is 3.72. The summed E-state index contributed by atoms with van der Waals surface area (Å²) in [5.41, 5.74) is 4.53. The second kappa shape index (κ2) is 2.56. The molecule has 1 nitrogen and oxygen atoms in total. The van der Waals surface area contributed by atoms with E-state index in [0.717, 1.165) is 0 Å². The molecule has 1 saturated heterocycles. The van der Waals surface area contributed by atoms with Crippen LogP contribution >= 0.6 is 0 Å². The summed E-state index contributed by atoms with van der Waals surface area (Å²) in [6.07, 6.45) is 8.32. The van der Waals surface area contributed by atoms with Gasteiger partial charge in [0.1, 0.15) is 0 Å². The van der Waals surface area contributed by atoms with Gasteiger partial charge >= 0.3 is 0 Å². The van der Waals surface area contributed by atoms with E-state index in [-0.39, 0.29) is 0 Å². The number of nitrogens with one attached hydrogen (secondary N) is 1. The Labute approximate surface area is 87.0 Å². The number of hydrogen-bond donors (Lipinski definition) is 1. The third-order valence-corrected chi connectivity index (χ3v) is 5.46. The van der Waals surface area contributed by atoms with Gasteiger partial charge in [0.15, 0.2) is 0 Å². The Morgan fingerprint density at radius 3 is 2.36 bits per heavy atom. The fraction of sp³-hybridized carbons (Fsp3) is 0.846. The lowest BCUT2D eigenvalue weighted by atomic mass is 9.61. The Balaban J connectivity index is 2.15. The topological polar surface area (TPSA) is 12.0 Å². The first-order chi connectivity index (χ1) is 6.63. The summed E-state index contributed by atoms with van der Waals surface area (Å²) in [6.45, 7) is 6.27. The van der Waals surface area contributed by atoms with Crippen LogP contribution in [0.3, 0.4) is 0 Å². The van der Waals surface area contributed by atoms with Crippen molar-refractivity contribution >= 4 is 0 Å².